The van der Waals surface area contributed by atoms with E-state index < -0.39 is 0 Å². The van der Waals surface area contributed by atoms with Crippen molar-refractivity contribution in [2.24, 2.45) is 5.73 Å². The molecule has 0 radical (unpaired) electrons. The summed E-state index contributed by atoms with van der Waals surface area (Å²) in [5.41, 5.74) is 7.91. The zero-order valence-electron chi connectivity index (χ0n) is 10.7. The van der Waals surface area contributed by atoms with Crippen LogP contribution in [0.3, 0.4) is 0 Å². The lowest BCUT2D eigenvalue weighted by molar-refractivity contribution is -0.119. The van der Waals surface area contributed by atoms with Gasteiger partial charge in [-0.25, -0.2) is 9.50 Å². The fraction of sp³-hybridized carbons (Fsp3) is 0.385. The number of primary amides is 1. The van der Waals surface area contributed by atoms with Gasteiger partial charge in [0.05, 0.1) is 11.6 Å². The predicted molar refractivity (Wildman–Crippen MR) is 67.3 cm³/mol. The molecule has 6 nitrogen and oxygen atoms in total. The van der Waals surface area contributed by atoms with E-state index in [2.05, 4.69) is 10.1 Å². The first-order valence-corrected chi connectivity index (χ1v) is 6.02. The summed E-state index contributed by atoms with van der Waals surface area (Å²) in [5, 5.41) is 13.2. The molecule has 1 aliphatic rings. The summed E-state index contributed by atoms with van der Waals surface area (Å²) in [5.74, 6) is -0.683. The van der Waals surface area contributed by atoms with E-state index in [-0.39, 0.29) is 17.2 Å². The average molecular weight is 255 g/mol. The fourth-order valence-electron chi connectivity index (χ4n) is 2.90. The Morgan fingerprint density at radius 2 is 2.37 bits per heavy atom. The lowest BCUT2D eigenvalue weighted by atomic mass is 9.89. The molecule has 1 amide bonds. The van der Waals surface area contributed by atoms with Gasteiger partial charge in [-0.1, -0.05) is 13.8 Å². The molecule has 1 atom stereocenters. The van der Waals surface area contributed by atoms with E-state index in [0.717, 1.165) is 11.3 Å². The third-order valence-corrected chi connectivity index (χ3v) is 3.70. The van der Waals surface area contributed by atoms with Gasteiger partial charge in [0.25, 0.3) is 0 Å². The summed E-state index contributed by atoms with van der Waals surface area (Å²) in [6.07, 6.45) is 2.32. The van der Waals surface area contributed by atoms with Gasteiger partial charge in [-0.15, -0.1) is 0 Å². The summed E-state index contributed by atoms with van der Waals surface area (Å²) in [7, 11) is 0. The minimum atomic E-state index is -0.347. The average Bonchev–Trinajstić information content (AvgIpc) is 2.87. The van der Waals surface area contributed by atoms with Gasteiger partial charge < -0.3 is 5.73 Å². The first kappa shape index (κ1) is 11.7. The largest absolute Gasteiger partial charge is 0.369 e. The van der Waals surface area contributed by atoms with Crippen molar-refractivity contribution < 1.29 is 4.79 Å². The van der Waals surface area contributed by atoms with E-state index in [1.54, 1.807) is 16.8 Å². The van der Waals surface area contributed by atoms with E-state index in [0.29, 0.717) is 17.8 Å². The number of nitrogens with zero attached hydrogens (tertiary/aromatic N) is 4. The highest BCUT2D eigenvalue weighted by atomic mass is 16.1. The second-order valence-corrected chi connectivity index (χ2v) is 5.52. The molecule has 3 rings (SSSR count). The van der Waals surface area contributed by atoms with Crippen molar-refractivity contribution in [1.82, 2.24) is 14.6 Å². The van der Waals surface area contributed by atoms with Crippen LogP contribution in [0, 0.1) is 11.3 Å². The van der Waals surface area contributed by atoms with E-state index in [1.807, 2.05) is 19.9 Å². The molecule has 0 spiro atoms. The molecule has 0 fully saturated rings. The Hall–Kier alpha value is -2.42. The molecule has 6 heteroatoms. The number of carbonyl (C=O) groups excluding carboxylic acids is 1. The highest BCUT2D eigenvalue weighted by Crippen LogP contribution is 2.45. The Kier molecular flexibility index (Phi) is 2.17. The number of fused-ring (bicyclic) bond motifs is 3. The molecule has 0 aromatic carbocycles. The molecule has 0 saturated heterocycles. The van der Waals surface area contributed by atoms with Crippen LogP contribution in [-0.2, 0) is 10.2 Å². The van der Waals surface area contributed by atoms with Gasteiger partial charge in [0, 0.05) is 23.2 Å². The topological polar surface area (TPSA) is 97.1 Å². The fourth-order valence-corrected chi connectivity index (χ4v) is 2.90. The molecule has 2 N–H and O–H groups in total. The van der Waals surface area contributed by atoms with Gasteiger partial charge in [-0.3, -0.25) is 4.79 Å². The third-order valence-electron chi connectivity index (χ3n) is 3.70. The van der Waals surface area contributed by atoms with Crippen molar-refractivity contribution in [1.29, 1.82) is 5.26 Å². The number of nitrogens with two attached hydrogens (primary N) is 1. The smallest absolute Gasteiger partial charge is 0.225 e. The van der Waals surface area contributed by atoms with Crippen LogP contribution in [0.15, 0.2) is 12.3 Å². The van der Waals surface area contributed by atoms with Gasteiger partial charge in [0.2, 0.25) is 5.91 Å². The van der Waals surface area contributed by atoms with Crippen LogP contribution in [-0.4, -0.2) is 20.5 Å². The first-order valence-electron chi connectivity index (χ1n) is 6.02. The summed E-state index contributed by atoms with van der Waals surface area (Å²) in [6.45, 7) is 4.09. The van der Waals surface area contributed by atoms with Crippen LogP contribution < -0.4 is 5.73 Å². The van der Waals surface area contributed by atoms with E-state index in [9.17, 15) is 4.79 Å². The number of carbonyl (C=O) groups is 1. The Morgan fingerprint density at radius 1 is 1.63 bits per heavy atom. The summed E-state index contributed by atoms with van der Waals surface area (Å²) in [4.78, 5) is 15.8. The third kappa shape index (κ3) is 1.51. The van der Waals surface area contributed by atoms with E-state index >= 15 is 0 Å². The second-order valence-electron chi connectivity index (χ2n) is 5.52. The molecule has 96 valence electrons. The highest BCUT2D eigenvalue weighted by molar-refractivity contribution is 5.83. The maximum atomic E-state index is 11.6. The van der Waals surface area contributed by atoms with Crippen LogP contribution in [0.25, 0.3) is 5.65 Å². The lowest BCUT2D eigenvalue weighted by Crippen LogP contribution is -2.21. The van der Waals surface area contributed by atoms with Crippen LogP contribution >= 0.6 is 0 Å². The van der Waals surface area contributed by atoms with Gasteiger partial charge in [0.1, 0.15) is 6.07 Å². The zero-order chi connectivity index (χ0) is 13.8. The molecule has 1 aliphatic carbocycles. The summed E-state index contributed by atoms with van der Waals surface area (Å²) in [6, 6.07) is 3.64. The molecule has 2 aromatic rings. The quantitative estimate of drug-likeness (QED) is 0.816. The van der Waals surface area contributed by atoms with Crippen molar-refractivity contribution >= 4 is 11.6 Å². The Labute approximate surface area is 109 Å². The number of hydrogen-bond donors (Lipinski definition) is 1. The van der Waals surface area contributed by atoms with Crippen LogP contribution in [0.5, 0.6) is 0 Å². The molecule has 1 unspecified atom stereocenters. The minimum absolute atomic E-state index is 0.227. The molecule has 2 aromatic heterocycles. The lowest BCUT2D eigenvalue weighted by Gasteiger charge is -2.19. The number of aromatic nitrogens is 3. The molecule has 0 bridgehead atoms. The Bertz CT molecular complexity index is 737. The molecular formula is C13H13N5O. The van der Waals surface area contributed by atoms with Crippen molar-refractivity contribution in [3.05, 3.63) is 29.2 Å². The number of hydrogen-bond acceptors (Lipinski definition) is 4. The SMILES string of the molecule is CC1(C)CC(C(N)=O)c2cnc3cc(C#N)nn3c21. The van der Waals surface area contributed by atoms with Crippen LogP contribution in [0.1, 0.15) is 43.1 Å². The standard InChI is InChI=1S/C13H13N5O/c1-13(2)4-8(12(15)19)9-6-16-10-3-7(5-14)17-18(10)11(9)13/h3,6,8H,4H2,1-2H3,(H2,15,19). The van der Waals surface area contributed by atoms with Crippen LogP contribution in [0.4, 0.5) is 0 Å². The highest BCUT2D eigenvalue weighted by Gasteiger charge is 2.42. The second kappa shape index (κ2) is 3.54. The van der Waals surface area contributed by atoms with E-state index in [1.165, 1.54) is 0 Å². The van der Waals surface area contributed by atoms with Gasteiger partial charge >= 0.3 is 0 Å². The van der Waals surface area contributed by atoms with Crippen molar-refractivity contribution in [3.63, 3.8) is 0 Å². The Morgan fingerprint density at radius 3 is 3.00 bits per heavy atom. The molecule has 19 heavy (non-hydrogen) atoms. The molecular weight excluding hydrogens is 242 g/mol. The number of rotatable bonds is 1. The van der Waals surface area contributed by atoms with Crippen molar-refractivity contribution in [2.75, 3.05) is 0 Å². The van der Waals surface area contributed by atoms with Crippen molar-refractivity contribution in [2.45, 2.75) is 31.6 Å². The summed E-state index contributed by atoms with van der Waals surface area (Å²) >= 11 is 0. The first-order chi connectivity index (χ1) is 8.94. The normalized spacial score (nSPS) is 20.2. The Balaban J connectivity index is 2.35. The number of nitriles is 1. The summed E-state index contributed by atoms with van der Waals surface area (Å²) < 4.78 is 1.66. The van der Waals surface area contributed by atoms with Gasteiger partial charge in [-0.05, 0) is 6.42 Å². The molecule has 2 heterocycles. The molecule has 0 saturated carbocycles. The molecule has 0 aliphatic heterocycles. The zero-order valence-corrected chi connectivity index (χ0v) is 10.7. The predicted octanol–water partition coefficient (Wildman–Crippen LogP) is 0.851. The maximum Gasteiger partial charge on any atom is 0.225 e. The van der Waals surface area contributed by atoms with Gasteiger partial charge in [0.15, 0.2) is 11.3 Å². The van der Waals surface area contributed by atoms with E-state index in [4.69, 9.17) is 11.0 Å². The van der Waals surface area contributed by atoms with Crippen molar-refractivity contribution in [3.8, 4) is 6.07 Å². The maximum absolute atomic E-state index is 11.6. The minimum Gasteiger partial charge on any atom is -0.369 e. The number of amides is 1. The monoisotopic (exact) mass is 255 g/mol. The van der Waals surface area contributed by atoms with Gasteiger partial charge in [-0.2, -0.15) is 10.4 Å². The van der Waals surface area contributed by atoms with Crippen LogP contribution in [0.2, 0.25) is 0 Å².